The first kappa shape index (κ1) is 15.4. The molecule has 0 fully saturated rings. The van der Waals surface area contributed by atoms with E-state index in [1.165, 1.54) is 6.07 Å². The molecule has 6 heteroatoms. The Bertz CT molecular complexity index is 925. The van der Waals surface area contributed by atoms with Crippen LogP contribution in [0.25, 0.3) is 0 Å². The molecule has 0 bridgehead atoms. The van der Waals surface area contributed by atoms with Crippen LogP contribution in [0, 0.1) is 21.4 Å². The van der Waals surface area contributed by atoms with Gasteiger partial charge in [-0.05, 0) is 17.7 Å². The number of hydrogen-bond acceptors (Lipinski definition) is 4. The lowest BCUT2D eigenvalue weighted by atomic mass is 10.1. The quantitative estimate of drug-likeness (QED) is 0.533. The molecule has 0 spiro atoms. The molecule has 0 aliphatic rings. The van der Waals surface area contributed by atoms with Crippen LogP contribution in [-0.2, 0) is 13.0 Å². The molecule has 3 aromatic rings. The van der Waals surface area contributed by atoms with Gasteiger partial charge in [0.25, 0.3) is 5.69 Å². The molecule has 0 radical (unpaired) electrons. The van der Waals surface area contributed by atoms with Gasteiger partial charge in [0.15, 0.2) is 0 Å². The Morgan fingerprint density at radius 2 is 2.04 bits per heavy atom. The highest BCUT2D eigenvalue weighted by atomic mass is 16.6. The third kappa shape index (κ3) is 3.31. The van der Waals surface area contributed by atoms with Gasteiger partial charge in [0, 0.05) is 37.0 Å². The summed E-state index contributed by atoms with van der Waals surface area (Å²) in [6.45, 7) is 0.561. The van der Waals surface area contributed by atoms with Gasteiger partial charge in [-0.1, -0.05) is 30.3 Å². The second kappa shape index (κ2) is 6.75. The average Bonchev–Trinajstić information content (AvgIpc) is 3.02. The van der Waals surface area contributed by atoms with E-state index in [-0.39, 0.29) is 10.6 Å². The second-order valence-corrected chi connectivity index (χ2v) is 5.35. The maximum Gasteiger partial charge on any atom is 0.273 e. The molecule has 2 aromatic carbocycles. The van der Waals surface area contributed by atoms with Crippen molar-refractivity contribution in [2.45, 2.75) is 13.0 Å². The zero-order valence-corrected chi connectivity index (χ0v) is 12.8. The summed E-state index contributed by atoms with van der Waals surface area (Å²) in [6.07, 6.45) is 3.89. The van der Waals surface area contributed by atoms with Crippen LogP contribution in [0.4, 0.5) is 5.69 Å². The van der Waals surface area contributed by atoms with Crippen molar-refractivity contribution in [2.75, 3.05) is 0 Å². The van der Waals surface area contributed by atoms with Crippen molar-refractivity contribution in [1.29, 1.82) is 5.26 Å². The lowest BCUT2D eigenvalue weighted by molar-refractivity contribution is -0.385. The van der Waals surface area contributed by atoms with Crippen LogP contribution in [0.15, 0.2) is 60.9 Å². The first-order valence-electron chi connectivity index (χ1n) is 7.38. The van der Waals surface area contributed by atoms with E-state index in [9.17, 15) is 10.1 Å². The normalized spacial score (nSPS) is 10.3. The summed E-state index contributed by atoms with van der Waals surface area (Å²) < 4.78 is 1.94. The smallest absolute Gasteiger partial charge is 0.273 e. The highest BCUT2D eigenvalue weighted by Gasteiger charge is 2.15. The maximum absolute atomic E-state index is 11.1. The molecule has 0 aliphatic heterocycles. The van der Waals surface area contributed by atoms with Crippen molar-refractivity contribution < 1.29 is 4.92 Å². The molecule has 0 unspecified atom stereocenters. The molecule has 0 amide bonds. The van der Waals surface area contributed by atoms with Crippen molar-refractivity contribution in [3.8, 4) is 6.07 Å². The van der Waals surface area contributed by atoms with Crippen LogP contribution >= 0.6 is 0 Å². The van der Waals surface area contributed by atoms with Crippen molar-refractivity contribution in [3.05, 3.63) is 93.6 Å². The van der Waals surface area contributed by atoms with Gasteiger partial charge in [0.1, 0.15) is 5.82 Å². The molecular weight excluding hydrogens is 304 g/mol. The SMILES string of the molecule is N#Cc1cccc(Cn2ccnc2Cc2ccccc2[N+](=O)[O-])c1. The van der Waals surface area contributed by atoms with Gasteiger partial charge < -0.3 is 4.57 Å². The summed E-state index contributed by atoms with van der Waals surface area (Å²) in [7, 11) is 0. The summed E-state index contributed by atoms with van der Waals surface area (Å²) in [6, 6.07) is 16.2. The largest absolute Gasteiger partial charge is 0.330 e. The van der Waals surface area contributed by atoms with Gasteiger partial charge in [-0.25, -0.2) is 4.98 Å². The maximum atomic E-state index is 11.1. The molecule has 0 aliphatic carbocycles. The van der Waals surface area contributed by atoms with Crippen LogP contribution < -0.4 is 0 Å². The van der Waals surface area contributed by atoms with E-state index in [1.807, 2.05) is 29.0 Å². The Kier molecular flexibility index (Phi) is 4.34. The van der Waals surface area contributed by atoms with E-state index in [2.05, 4.69) is 11.1 Å². The molecule has 0 saturated carbocycles. The van der Waals surface area contributed by atoms with E-state index in [1.54, 1.807) is 30.5 Å². The number of nitro groups is 1. The minimum Gasteiger partial charge on any atom is -0.330 e. The standard InChI is InChI=1S/C18H14N4O2/c19-12-14-4-3-5-15(10-14)13-21-9-8-20-18(21)11-16-6-1-2-7-17(16)22(23)24/h1-10H,11,13H2. The molecule has 118 valence electrons. The van der Waals surface area contributed by atoms with Gasteiger partial charge in [0.2, 0.25) is 0 Å². The highest BCUT2D eigenvalue weighted by Crippen LogP contribution is 2.21. The number of hydrogen-bond donors (Lipinski definition) is 0. The van der Waals surface area contributed by atoms with Gasteiger partial charge in [-0.3, -0.25) is 10.1 Å². The number of rotatable bonds is 5. The van der Waals surface area contributed by atoms with Crippen molar-refractivity contribution in [3.63, 3.8) is 0 Å². The van der Waals surface area contributed by atoms with Crippen LogP contribution in [0.3, 0.4) is 0 Å². The molecule has 24 heavy (non-hydrogen) atoms. The lowest BCUT2D eigenvalue weighted by Crippen LogP contribution is -2.06. The third-order valence-electron chi connectivity index (χ3n) is 3.75. The van der Waals surface area contributed by atoms with Crippen LogP contribution in [0.2, 0.25) is 0 Å². The zero-order chi connectivity index (χ0) is 16.9. The Hall–Kier alpha value is -3.46. The van der Waals surface area contributed by atoms with E-state index >= 15 is 0 Å². The number of nitriles is 1. The Morgan fingerprint density at radius 3 is 2.83 bits per heavy atom. The monoisotopic (exact) mass is 318 g/mol. The van der Waals surface area contributed by atoms with E-state index in [0.717, 1.165) is 11.4 Å². The molecule has 0 N–H and O–H groups in total. The van der Waals surface area contributed by atoms with Crippen molar-refractivity contribution >= 4 is 5.69 Å². The highest BCUT2D eigenvalue weighted by molar-refractivity contribution is 5.41. The molecule has 0 saturated heterocycles. The zero-order valence-electron chi connectivity index (χ0n) is 12.8. The molecule has 3 rings (SSSR count). The number of aromatic nitrogens is 2. The van der Waals surface area contributed by atoms with Gasteiger partial charge in [-0.15, -0.1) is 0 Å². The predicted molar refractivity (Wildman–Crippen MR) is 88.4 cm³/mol. The molecule has 1 heterocycles. The fraction of sp³-hybridized carbons (Fsp3) is 0.111. The third-order valence-corrected chi connectivity index (χ3v) is 3.75. The minimum absolute atomic E-state index is 0.0959. The molecule has 1 aromatic heterocycles. The summed E-state index contributed by atoms with van der Waals surface area (Å²) in [5.41, 5.74) is 2.31. The average molecular weight is 318 g/mol. The molecule has 6 nitrogen and oxygen atoms in total. The fourth-order valence-corrected chi connectivity index (χ4v) is 2.60. The van der Waals surface area contributed by atoms with Gasteiger partial charge in [0.05, 0.1) is 16.6 Å². The van der Waals surface area contributed by atoms with E-state index in [0.29, 0.717) is 24.1 Å². The Morgan fingerprint density at radius 1 is 1.21 bits per heavy atom. The first-order valence-corrected chi connectivity index (χ1v) is 7.38. The summed E-state index contributed by atoms with van der Waals surface area (Å²) in [5.74, 6) is 0.742. The van der Waals surface area contributed by atoms with Gasteiger partial charge >= 0.3 is 0 Å². The van der Waals surface area contributed by atoms with Crippen LogP contribution in [-0.4, -0.2) is 14.5 Å². The van der Waals surface area contributed by atoms with Crippen LogP contribution in [0.1, 0.15) is 22.5 Å². The van der Waals surface area contributed by atoms with Crippen molar-refractivity contribution in [2.24, 2.45) is 0 Å². The summed E-state index contributed by atoms with van der Waals surface area (Å²) >= 11 is 0. The predicted octanol–water partition coefficient (Wildman–Crippen LogP) is 3.30. The molecule has 0 atom stereocenters. The number of imidazole rings is 1. The lowest BCUT2D eigenvalue weighted by Gasteiger charge is -2.09. The topological polar surface area (TPSA) is 84.8 Å². The van der Waals surface area contributed by atoms with E-state index in [4.69, 9.17) is 5.26 Å². The number of nitro benzene ring substituents is 1. The fourth-order valence-electron chi connectivity index (χ4n) is 2.60. The minimum atomic E-state index is -0.376. The second-order valence-electron chi connectivity index (χ2n) is 5.35. The number of benzene rings is 2. The van der Waals surface area contributed by atoms with Gasteiger partial charge in [-0.2, -0.15) is 5.26 Å². The number of nitrogens with zero attached hydrogens (tertiary/aromatic N) is 4. The molecular formula is C18H14N4O2. The Balaban J connectivity index is 1.86. The first-order chi connectivity index (χ1) is 11.7. The Labute approximate surface area is 138 Å². The number of para-hydroxylation sites is 1. The van der Waals surface area contributed by atoms with E-state index < -0.39 is 0 Å². The summed E-state index contributed by atoms with van der Waals surface area (Å²) in [4.78, 5) is 15.1. The van der Waals surface area contributed by atoms with Crippen LogP contribution in [0.5, 0.6) is 0 Å². The van der Waals surface area contributed by atoms with Crippen molar-refractivity contribution in [1.82, 2.24) is 9.55 Å². The summed E-state index contributed by atoms with van der Waals surface area (Å²) in [5, 5.41) is 20.1.